The molecule has 0 aliphatic heterocycles. The van der Waals surface area contributed by atoms with Gasteiger partial charge in [0, 0.05) is 0 Å². The van der Waals surface area contributed by atoms with E-state index < -0.39 is 6.60 Å². The number of fused-ring (bicyclic) bond motifs is 1. The second-order valence-corrected chi connectivity index (χ2v) is 13.0. The average molecular weight is 393 g/mol. The van der Waals surface area contributed by atoms with E-state index in [-0.39, 0.29) is 0 Å². The Kier molecular flexibility index (Phi) is 4.15. The van der Waals surface area contributed by atoms with Gasteiger partial charge < -0.3 is 0 Å². The second kappa shape index (κ2) is 6.72. The quantitative estimate of drug-likeness (QED) is 0.416. The van der Waals surface area contributed by atoms with Gasteiger partial charge in [0.05, 0.1) is 0 Å². The molecule has 0 spiro atoms. The summed E-state index contributed by atoms with van der Waals surface area (Å²) in [4.78, 5) is 3.83. The summed E-state index contributed by atoms with van der Waals surface area (Å²) in [5, 5.41) is 5.34. The van der Waals surface area contributed by atoms with Crippen LogP contribution in [0.2, 0.25) is 0 Å². The van der Waals surface area contributed by atoms with Crippen LogP contribution in [0.4, 0.5) is 0 Å². The molecule has 5 rings (SSSR count). The summed E-state index contributed by atoms with van der Waals surface area (Å²) in [5.74, 6) is 0. The summed E-state index contributed by atoms with van der Waals surface area (Å²) in [6.07, 6.45) is 0. The van der Waals surface area contributed by atoms with E-state index in [1.165, 1.54) is 32.3 Å². The van der Waals surface area contributed by atoms with Crippen molar-refractivity contribution in [3.05, 3.63) is 121 Å². The van der Waals surface area contributed by atoms with Crippen molar-refractivity contribution in [2.24, 2.45) is 0 Å². The van der Waals surface area contributed by atoms with Gasteiger partial charge in [-0.05, 0) is 0 Å². The third kappa shape index (κ3) is 2.51. The Labute approximate surface area is 172 Å². The maximum atomic E-state index is 3.83. The molecule has 1 aromatic heterocycles. The van der Waals surface area contributed by atoms with Crippen LogP contribution in [-0.2, 0) is 0 Å². The monoisotopic (exact) mass is 393 g/mol. The zero-order chi connectivity index (χ0) is 19.8. The van der Waals surface area contributed by atoms with E-state index in [1.54, 1.807) is 0 Å². The summed E-state index contributed by atoms with van der Waals surface area (Å²) >= 11 is 0. The third-order valence-electron chi connectivity index (χ3n) is 6.32. The van der Waals surface area contributed by atoms with Crippen LogP contribution in [0.15, 0.2) is 121 Å². The molecule has 0 saturated carbocycles. The van der Waals surface area contributed by atoms with E-state index in [0.29, 0.717) is 0 Å². The van der Waals surface area contributed by atoms with E-state index in [2.05, 4.69) is 133 Å². The Bertz CT molecular complexity index is 1120. The zero-order valence-electron chi connectivity index (χ0n) is 16.5. The summed E-state index contributed by atoms with van der Waals surface area (Å²) < 4.78 is 0. The Hall–Kier alpha value is -3.15. The van der Waals surface area contributed by atoms with Gasteiger partial charge in [0.25, 0.3) is 0 Å². The van der Waals surface area contributed by atoms with Crippen LogP contribution in [0.25, 0.3) is 10.9 Å². The predicted molar refractivity (Wildman–Crippen MR) is 129 cm³/mol. The van der Waals surface area contributed by atoms with Gasteiger partial charge in [0.1, 0.15) is 0 Å². The molecule has 1 nitrogen and oxygen atoms in total. The fraction of sp³-hybridized carbons (Fsp3) is 0.0370. The van der Waals surface area contributed by atoms with Crippen molar-refractivity contribution in [1.82, 2.24) is 4.98 Å². The van der Waals surface area contributed by atoms with Gasteiger partial charge in [-0.3, -0.25) is 0 Å². The Balaban J connectivity index is 2.00. The van der Waals surface area contributed by atoms with Gasteiger partial charge >= 0.3 is 172 Å². The number of para-hydroxylation sites is 1. The van der Waals surface area contributed by atoms with Crippen molar-refractivity contribution in [3.63, 3.8) is 0 Å². The standard InChI is InChI=1S/C27H24NP/c1-29(23-14-5-2-6-15-23,24-16-7-3-8-17-24,25-18-9-4-10-19-25)27-21-22-13-11-12-20-26(22)28-27/h2-21,28H,1H3. The fourth-order valence-electron chi connectivity index (χ4n) is 4.63. The molecule has 1 N–H and O–H groups in total. The van der Waals surface area contributed by atoms with Crippen LogP contribution >= 0.6 is 6.60 Å². The van der Waals surface area contributed by atoms with Crippen LogP contribution in [0, 0.1) is 0 Å². The Morgan fingerprint density at radius 2 is 0.931 bits per heavy atom. The van der Waals surface area contributed by atoms with Crippen molar-refractivity contribution >= 4 is 38.9 Å². The van der Waals surface area contributed by atoms with E-state index in [0.717, 1.165) is 0 Å². The van der Waals surface area contributed by atoms with Crippen LogP contribution in [-0.4, -0.2) is 11.6 Å². The fourth-order valence-corrected chi connectivity index (χ4v) is 9.97. The minimum atomic E-state index is -2.96. The number of hydrogen-bond donors (Lipinski definition) is 1. The molecule has 0 aliphatic carbocycles. The van der Waals surface area contributed by atoms with Crippen LogP contribution in [0.3, 0.4) is 0 Å². The summed E-state index contributed by atoms with van der Waals surface area (Å²) in [5.41, 5.74) is 2.47. The second-order valence-electron chi connectivity index (χ2n) is 7.81. The number of rotatable bonds is 4. The van der Waals surface area contributed by atoms with E-state index in [4.69, 9.17) is 0 Å². The molecule has 0 unspecified atom stereocenters. The third-order valence-corrected chi connectivity index (χ3v) is 12.5. The molecular weight excluding hydrogens is 369 g/mol. The first kappa shape index (κ1) is 17.9. The molecule has 0 saturated heterocycles. The molecule has 5 aromatic rings. The topological polar surface area (TPSA) is 15.8 Å². The molecule has 142 valence electrons. The Morgan fingerprint density at radius 1 is 0.517 bits per heavy atom. The van der Waals surface area contributed by atoms with E-state index in [9.17, 15) is 0 Å². The number of H-pyrrole nitrogens is 1. The van der Waals surface area contributed by atoms with Crippen molar-refractivity contribution in [2.75, 3.05) is 6.66 Å². The van der Waals surface area contributed by atoms with Gasteiger partial charge in [-0.2, -0.15) is 0 Å². The zero-order valence-corrected chi connectivity index (χ0v) is 17.4. The minimum absolute atomic E-state index is 1.18. The molecule has 2 heteroatoms. The van der Waals surface area contributed by atoms with Crippen molar-refractivity contribution in [1.29, 1.82) is 0 Å². The first-order valence-corrected chi connectivity index (χ1v) is 12.7. The molecule has 29 heavy (non-hydrogen) atoms. The van der Waals surface area contributed by atoms with Gasteiger partial charge in [0.15, 0.2) is 0 Å². The molecule has 0 aliphatic rings. The maximum absolute atomic E-state index is 3.83. The molecule has 0 atom stereocenters. The van der Waals surface area contributed by atoms with E-state index >= 15 is 0 Å². The van der Waals surface area contributed by atoms with Crippen LogP contribution in [0.5, 0.6) is 0 Å². The van der Waals surface area contributed by atoms with Crippen molar-refractivity contribution in [2.45, 2.75) is 0 Å². The summed E-state index contributed by atoms with van der Waals surface area (Å²) in [7, 11) is 0. The Morgan fingerprint density at radius 3 is 1.38 bits per heavy atom. The first-order valence-electron chi connectivity index (χ1n) is 9.98. The van der Waals surface area contributed by atoms with Crippen molar-refractivity contribution in [3.8, 4) is 0 Å². The summed E-state index contributed by atoms with van der Waals surface area (Å²) in [6, 6.07) is 44.0. The first-order chi connectivity index (χ1) is 14.2. The summed E-state index contributed by atoms with van der Waals surface area (Å²) in [6.45, 7) is -0.477. The van der Waals surface area contributed by atoms with Gasteiger partial charge in [0.2, 0.25) is 0 Å². The number of benzene rings is 4. The molecule has 0 fully saturated rings. The number of nitrogens with one attached hydrogen (secondary N) is 1. The molecule has 4 aromatic carbocycles. The van der Waals surface area contributed by atoms with Crippen LogP contribution in [0.1, 0.15) is 0 Å². The molecule has 0 radical (unpaired) electrons. The molecule has 1 heterocycles. The van der Waals surface area contributed by atoms with Gasteiger partial charge in [-0.15, -0.1) is 0 Å². The number of aromatic nitrogens is 1. The van der Waals surface area contributed by atoms with Gasteiger partial charge in [-0.25, -0.2) is 0 Å². The van der Waals surface area contributed by atoms with E-state index in [1.807, 2.05) is 0 Å². The molecule has 0 bridgehead atoms. The number of aromatic amines is 1. The normalized spacial score (nSPS) is 13.1. The molecular formula is C27H24NP. The predicted octanol–water partition coefficient (Wildman–Crippen LogP) is 4.95. The van der Waals surface area contributed by atoms with Crippen LogP contribution < -0.4 is 21.3 Å². The van der Waals surface area contributed by atoms with Crippen molar-refractivity contribution < 1.29 is 0 Å². The number of hydrogen-bond acceptors (Lipinski definition) is 0. The average Bonchev–Trinajstić information content (AvgIpc) is 3.26. The van der Waals surface area contributed by atoms with Gasteiger partial charge in [-0.1, -0.05) is 0 Å². The SMILES string of the molecule is CP(c1ccccc1)(c1ccccc1)(c1ccccc1)c1cc2ccccc2[nH]1. The molecule has 0 amide bonds.